The second-order valence-electron chi connectivity index (χ2n) is 10.3. The smallest absolute Gasteiger partial charge is 0.246 e. The highest BCUT2D eigenvalue weighted by atomic mass is 35.5. The summed E-state index contributed by atoms with van der Waals surface area (Å²) in [6, 6.07) is 2.70. The number of nitrogen functional groups attached to an aromatic ring is 1. The normalized spacial score (nSPS) is 17.3. The number of anilines is 3. The van der Waals surface area contributed by atoms with Crippen LogP contribution in [0.4, 0.5) is 21.6 Å². The molecule has 0 saturated carbocycles. The highest BCUT2D eigenvalue weighted by Crippen LogP contribution is 2.47. The molecule has 2 atom stereocenters. The molecule has 10 nitrogen and oxygen atoms in total. The average Bonchev–Trinajstić information content (AvgIpc) is 2.97. The molecule has 4 heterocycles. The summed E-state index contributed by atoms with van der Waals surface area (Å²) in [6.45, 7) is 8.24. The van der Waals surface area contributed by atoms with Crippen molar-refractivity contribution in [1.29, 1.82) is 5.41 Å². The number of nitrogens with two attached hydrogens (primary N) is 1. The van der Waals surface area contributed by atoms with E-state index in [1.54, 1.807) is 24.1 Å². The summed E-state index contributed by atoms with van der Waals surface area (Å²) in [5.41, 5.74) is 7.45. The van der Waals surface area contributed by atoms with E-state index in [1.165, 1.54) is 12.1 Å². The van der Waals surface area contributed by atoms with Gasteiger partial charge < -0.3 is 30.7 Å². The number of aliphatic hydroxyl groups excluding tert-OH is 1. The third-order valence-corrected chi connectivity index (χ3v) is 8.50. The lowest BCUT2D eigenvalue weighted by atomic mass is 10.0. The maximum Gasteiger partial charge on any atom is 0.246 e. The number of piperazine rings is 1. The number of hydrogen-bond acceptors (Lipinski definition) is 8. The van der Waals surface area contributed by atoms with Crippen molar-refractivity contribution in [3.63, 3.8) is 0 Å². The number of aryl methyl sites for hydroxylation is 1. The predicted octanol–water partition coefficient (Wildman–Crippen LogP) is 5.74. The molecule has 1 saturated heterocycles. The molecule has 0 aliphatic carbocycles. The van der Waals surface area contributed by atoms with E-state index in [0.717, 1.165) is 5.56 Å². The third kappa shape index (κ3) is 5.58. The molecule has 14 heteroatoms. The van der Waals surface area contributed by atoms with Gasteiger partial charge in [0.2, 0.25) is 5.91 Å². The standard InChI is InChI=1S/C29H29Cl3FN7O3/c1-4-18(42)39-8-9-40-15(12-39)6-10-43-27-20(28(40)35)29(37-24-13(2)5-7-36-25(24)14(3)41)38-26(21(27)32)19-22(33)16(30)11-17(31)23(19)34/h4-5,7,11,14-15,35,41H,1,6,8-10,12,34H2,2-3H3,(H,37,38). The lowest BCUT2D eigenvalue weighted by Gasteiger charge is -2.44. The number of benzene rings is 1. The van der Waals surface area contributed by atoms with E-state index in [2.05, 4.69) is 16.9 Å². The Morgan fingerprint density at radius 3 is 2.77 bits per heavy atom. The number of carbonyl (C=O) groups is 1. The topological polar surface area (TPSA) is 141 Å². The largest absolute Gasteiger partial charge is 0.491 e. The fourth-order valence-corrected chi connectivity index (χ4v) is 6.09. The Bertz CT molecular complexity index is 1630. The number of ether oxygens (including phenoxy) is 1. The Balaban J connectivity index is 1.74. The molecule has 3 aromatic rings. The number of rotatable bonds is 5. The maximum absolute atomic E-state index is 15.5. The maximum atomic E-state index is 15.5. The number of aliphatic hydroxyl groups is 1. The molecule has 2 aliphatic rings. The number of carbonyl (C=O) groups excluding carboxylic acids is 1. The van der Waals surface area contributed by atoms with Crippen molar-refractivity contribution in [3.8, 4) is 17.0 Å². The van der Waals surface area contributed by atoms with Crippen molar-refractivity contribution < 1.29 is 19.0 Å². The van der Waals surface area contributed by atoms with Crippen molar-refractivity contribution in [2.45, 2.75) is 32.4 Å². The van der Waals surface area contributed by atoms with Crippen LogP contribution in [0.1, 0.15) is 36.3 Å². The molecular formula is C29H29Cl3FN7O3. The number of pyridine rings is 2. The summed E-state index contributed by atoms with van der Waals surface area (Å²) in [6.07, 6.45) is 2.35. The second kappa shape index (κ2) is 12.2. The Kier molecular flexibility index (Phi) is 8.71. The fourth-order valence-electron chi connectivity index (χ4n) is 5.34. The minimum absolute atomic E-state index is 0.00320. The molecule has 2 unspecified atom stereocenters. The first kappa shape index (κ1) is 30.8. The van der Waals surface area contributed by atoms with Crippen molar-refractivity contribution in [2.24, 2.45) is 0 Å². The molecule has 2 aromatic heterocycles. The number of nitrogens with zero attached hydrogens (tertiary/aromatic N) is 4. The van der Waals surface area contributed by atoms with Gasteiger partial charge in [-0.05, 0) is 37.6 Å². The minimum Gasteiger partial charge on any atom is -0.491 e. The van der Waals surface area contributed by atoms with E-state index in [0.29, 0.717) is 37.4 Å². The molecule has 0 radical (unpaired) electrons. The van der Waals surface area contributed by atoms with Crippen LogP contribution in [0.3, 0.4) is 0 Å². The summed E-state index contributed by atoms with van der Waals surface area (Å²) >= 11 is 19.3. The Hall–Kier alpha value is -3.64. The lowest BCUT2D eigenvalue weighted by molar-refractivity contribution is -0.128. The first-order valence-electron chi connectivity index (χ1n) is 13.4. The number of amidine groups is 1. The van der Waals surface area contributed by atoms with Crippen LogP contribution in [0.5, 0.6) is 5.75 Å². The molecule has 5 N–H and O–H groups in total. The molecule has 226 valence electrons. The second-order valence-corrected chi connectivity index (χ2v) is 11.5. The van der Waals surface area contributed by atoms with E-state index < -0.39 is 11.9 Å². The lowest BCUT2D eigenvalue weighted by Crippen LogP contribution is -2.57. The Morgan fingerprint density at radius 1 is 1.33 bits per heavy atom. The number of aromatic nitrogens is 2. The summed E-state index contributed by atoms with van der Waals surface area (Å²) in [5.74, 6) is -0.875. The first-order chi connectivity index (χ1) is 20.4. The Labute approximate surface area is 262 Å². The van der Waals surface area contributed by atoms with Gasteiger partial charge in [0.1, 0.15) is 27.9 Å². The molecule has 2 aliphatic heterocycles. The Morgan fingerprint density at radius 2 is 2.07 bits per heavy atom. The number of nitrogens with one attached hydrogen (secondary N) is 2. The summed E-state index contributed by atoms with van der Waals surface area (Å²) in [4.78, 5) is 24.9. The molecule has 43 heavy (non-hydrogen) atoms. The highest BCUT2D eigenvalue weighted by molar-refractivity contribution is 6.39. The summed E-state index contributed by atoms with van der Waals surface area (Å²) < 4.78 is 21.7. The van der Waals surface area contributed by atoms with Crippen LogP contribution in [0.25, 0.3) is 11.3 Å². The minimum atomic E-state index is -0.952. The average molecular weight is 649 g/mol. The van der Waals surface area contributed by atoms with Crippen LogP contribution in [0.15, 0.2) is 31.0 Å². The molecule has 1 fully saturated rings. The van der Waals surface area contributed by atoms with Crippen LogP contribution in [0, 0.1) is 18.2 Å². The van der Waals surface area contributed by atoms with Gasteiger partial charge in [0.25, 0.3) is 0 Å². The van der Waals surface area contributed by atoms with E-state index >= 15 is 4.39 Å². The predicted molar refractivity (Wildman–Crippen MR) is 166 cm³/mol. The van der Waals surface area contributed by atoms with Crippen LogP contribution in [-0.2, 0) is 4.79 Å². The van der Waals surface area contributed by atoms with Crippen LogP contribution >= 0.6 is 34.8 Å². The zero-order valence-electron chi connectivity index (χ0n) is 23.3. The van der Waals surface area contributed by atoms with Crippen LogP contribution < -0.4 is 15.8 Å². The zero-order valence-corrected chi connectivity index (χ0v) is 25.6. The zero-order chi connectivity index (χ0) is 31.2. The highest BCUT2D eigenvalue weighted by Gasteiger charge is 2.37. The molecule has 0 spiro atoms. The monoisotopic (exact) mass is 647 g/mol. The van der Waals surface area contributed by atoms with Gasteiger partial charge in [-0.15, -0.1) is 0 Å². The van der Waals surface area contributed by atoms with Gasteiger partial charge in [0.05, 0.1) is 51.4 Å². The third-order valence-electron chi connectivity index (χ3n) is 7.56. The summed E-state index contributed by atoms with van der Waals surface area (Å²) in [7, 11) is 0. The van der Waals surface area contributed by atoms with Crippen molar-refractivity contribution >= 4 is 63.7 Å². The van der Waals surface area contributed by atoms with E-state index in [1.807, 2.05) is 11.8 Å². The quantitative estimate of drug-likeness (QED) is 0.156. The van der Waals surface area contributed by atoms with Gasteiger partial charge >= 0.3 is 0 Å². The van der Waals surface area contributed by atoms with Crippen molar-refractivity contribution in [2.75, 3.05) is 37.3 Å². The van der Waals surface area contributed by atoms with Crippen molar-refractivity contribution in [3.05, 3.63) is 68.7 Å². The van der Waals surface area contributed by atoms with Crippen LogP contribution in [-0.4, -0.2) is 68.9 Å². The van der Waals surface area contributed by atoms with Crippen molar-refractivity contribution in [1.82, 2.24) is 19.8 Å². The SMILES string of the molecule is C=CC(=O)N1CCN2C(=N)c3c(Nc4c(C)ccnc4C(C)O)nc(-c4c(N)c(Cl)cc(Cl)c4F)c(Cl)c3OCCC2C1. The molecule has 5 rings (SSSR count). The first-order valence-corrected chi connectivity index (χ1v) is 14.5. The summed E-state index contributed by atoms with van der Waals surface area (Å²) in [5, 5.41) is 22.7. The fraction of sp³-hybridized carbons (Fsp3) is 0.310. The van der Waals surface area contributed by atoms with Crippen LogP contribution in [0.2, 0.25) is 15.1 Å². The van der Waals surface area contributed by atoms with Gasteiger partial charge in [-0.25, -0.2) is 9.37 Å². The number of halogens is 4. The van der Waals surface area contributed by atoms with Gasteiger partial charge in [0, 0.05) is 32.3 Å². The molecule has 0 bridgehead atoms. The van der Waals surface area contributed by atoms with Gasteiger partial charge in [-0.2, -0.15) is 0 Å². The molecular weight excluding hydrogens is 620 g/mol. The number of hydrogen-bond donors (Lipinski definition) is 4. The van der Waals surface area contributed by atoms with E-state index in [4.69, 9.17) is 50.3 Å². The molecule has 1 amide bonds. The van der Waals surface area contributed by atoms with Gasteiger partial charge in [-0.3, -0.25) is 15.2 Å². The number of amides is 1. The van der Waals surface area contributed by atoms with E-state index in [-0.39, 0.29) is 73.5 Å². The van der Waals surface area contributed by atoms with Gasteiger partial charge in [0.15, 0.2) is 11.6 Å². The van der Waals surface area contributed by atoms with Gasteiger partial charge in [-0.1, -0.05) is 41.4 Å². The number of fused-ring (bicyclic) bond motifs is 2. The molecule has 1 aromatic carbocycles. The van der Waals surface area contributed by atoms with E-state index in [9.17, 15) is 15.3 Å².